The number of ether oxygens (including phenoxy) is 1. The third-order valence-corrected chi connectivity index (χ3v) is 5.91. The first-order chi connectivity index (χ1) is 14.4. The lowest BCUT2D eigenvalue weighted by Gasteiger charge is -2.24. The molecule has 0 bridgehead atoms. The van der Waals surface area contributed by atoms with Crippen molar-refractivity contribution in [2.24, 2.45) is 0 Å². The van der Waals surface area contributed by atoms with E-state index in [1.807, 2.05) is 24.4 Å². The Labute approximate surface area is 176 Å². The van der Waals surface area contributed by atoms with Crippen molar-refractivity contribution in [3.63, 3.8) is 0 Å². The zero-order valence-corrected chi connectivity index (χ0v) is 17.1. The summed E-state index contributed by atoms with van der Waals surface area (Å²) in [6.07, 6.45) is 0. The van der Waals surface area contributed by atoms with Crippen LogP contribution in [-0.2, 0) is 9.59 Å². The van der Waals surface area contributed by atoms with Gasteiger partial charge in [0.05, 0.1) is 18.2 Å². The molecule has 1 fully saturated rings. The molecule has 30 heavy (non-hydrogen) atoms. The van der Waals surface area contributed by atoms with Crippen molar-refractivity contribution in [1.29, 1.82) is 0 Å². The normalized spacial score (nSPS) is 18.1. The van der Waals surface area contributed by atoms with Crippen LogP contribution in [0.3, 0.4) is 0 Å². The Morgan fingerprint density at radius 1 is 1.13 bits per heavy atom. The Kier molecular flexibility index (Phi) is 5.13. The van der Waals surface area contributed by atoms with Gasteiger partial charge in [0.2, 0.25) is 0 Å². The van der Waals surface area contributed by atoms with E-state index in [4.69, 9.17) is 4.74 Å². The number of hydrogen-bond acceptors (Lipinski definition) is 5. The molecule has 0 saturated carbocycles. The molecule has 1 aromatic heterocycles. The van der Waals surface area contributed by atoms with Crippen LogP contribution in [0.15, 0.2) is 65.6 Å². The van der Waals surface area contributed by atoms with Crippen LogP contribution < -0.4 is 9.64 Å². The maximum atomic E-state index is 13.9. The van der Waals surface area contributed by atoms with Gasteiger partial charge in [0, 0.05) is 10.6 Å². The van der Waals surface area contributed by atoms with E-state index in [1.165, 1.54) is 35.5 Å². The Morgan fingerprint density at radius 3 is 2.50 bits per heavy atom. The van der Waals surface area contributed by atoms with Crippen LogP contribution in [0.1, 0.15) is 22.0 Å². The number of methoxy groups -OCH3 is 1. The highest BCUT2D eigenvalue weighted by molar-refractivity contribution is 7.10. The summed E-state index contributed by atoms with van der Waals surface area (Å²) in [5.41, 5.74) is 1.45. The predicted molar refractivity (Wildman–Crippen MR) is 113 cm³/mol. The maximum absolute atomic E-state index is 13.9. The van der Waals surface area contributed by atoms with Crippen LogP contribution in [0, 0.1) is 12.7 Å². The minimum Gasteiger partial charge on any atom is -0.507 e. The number of Topliss-reactive ketones (excluding diaryl/α,β-unsaturated/α-hetero) is 1. The number of benzene rings is 2. The number of amides is 1. The highest BCUT2D eigenvalue weighted by atomic mass is 32.1. The highest BCUT2D eigenvalue weighted by Crippen LogP contribution is 2.44. The fourth-order valence-corrected chi connectivity index (χ4v) is 4.35. The summed E-state index contributed by atoms with van der Waals surface area (Å²) >= 11 is 1.36. The molecule has 5 nitrogen and oxygen atoms in total. The number of anilines is 1. The van der Waals surface area contributed by atoms with E-state index in [-0.39, 0.29) is 16.9 Å². The van der Waals surface area contributed by atoms with Crippen molar-refractivity contribution in [2.75, 3.05) is 12.0 Å². The third-order valence-electron chi connectivity index (χ3n) is 4.99. The number of aliphatic hydroxyl groups is 1. The van der Waals surface area contributed by atoms with Gasteiger partial charge in [0.15, 0.2) is 0 Å². The summed E-state index contributed by atoms with van der Waals surface area (Å²) in [5, 5.41) is 12.9. The first-order valence-electron chi connectivity index (χ1n) is 9.17. The van der Waals surface area contributed by atoms with Gasteiger partial charge in [-0.25, -0.2) is 4.39 Å². The van der Waals surface area contributed by atoms with E-state index in [9.17, 15) is 19.1 Å². The molecule has 1 aliphatic heterocycles. The molecule has 152 valence electrons. The molecule has 0 radical (unpaired) electrons. The minimum absolute atomic E-state index is 0.0148. The van der Waals surface area contributed by atoms with Gasteiger partial charge in [0.1, 0.15) is 23.4 Å². The van der Waals surface area contributed by atoms with Crippen molar-refractivity contribution in [3.05, 3.63) is 87.4 Å². The number of carbonyl (C=O) groups excluding carboxylic acids is 2. The van der Waals surface area contributed by atoms with Crippen LogP contribution in [0.25, 0.3) is 5.76 Å². The molecule has 0 aliphatic carbocycles. The van der Waals surface area contributed by atoms with Gasteiger partial charge in [-0.1, -0.05) is 23.8 Å². The first kappa shape index (κ1) is 19.8. The molecule has 2 heterocycles. The number of hydrogen-bond donors (Lipinski definition) is 1. The Morgan fingerprint density at radius 2 is 1.87 bits per heavy atom. The fourth-order valence-electron chi connectivity index (χ4n) is 3.53. The first-order valence-corrected chi connectivity index (χ1v) is 10.1. The van der Waals surface area contributed by atoms with E-state index in [1.54, 1.807) is 24.3 Å². The average molecular weight is 423 g/mol. The number of carbonyl (C=O) groups is 2. The van der Waals surface area contributed by atoms with Crippen LogP contribution in [0.5, 0.6) is 5.75 Å². The lowest BCUT2D eigenvalue weighted by molar-refractivity contribution is -0.132. The SMILES string of the molecule is COc1ccc(F)cc1/C(O)=C1/C(=O)C(=O)N(c2ccc(C)cc2)C1c1cccs1. The molecule has 1 amide bonds. The van der Waals surface area contributed by atoms with Crippen molar-refractivity contribution in [2.45, 2.75) is 13.0 Å². The molecule has 1 N–H and O–H groups in total. The Balaban J connectivity index is 1.95. The average Bonchev–Trinajstić information content (AvgIpc) is 3.35. The highest BCUT2D eigenvalue weighted by Gasteiger charge is 2.47. The number of nitrogens with zero attached hydrogens (tertiary/aromatic N) is 1. The van der Waals surface area contributed by atoms with E-state index in [0.29, 0.717) is 10.6 Å². The minimum atomic E-state index is -0.835. The van der Waals surface area contributed by atoms with Gasteiger partial charge < -0.3 is 9.84 Å². The van der Waals surface area contributed by atoms with Crippen molar-refractivity contribution >= 4 is 34.5 Å². The van der Waals surface area contributed by atoms with Crippen molar-refractivity contribution in [1.82, 2.24) is 0 Å². The summed E-state index contributed by atoms with van der Waals surface area (Å²) in [6, 6.07) is 13.6. The topological polar surface area (TPSA) is 66.8 Å². The molecule has 0 spiro atoms. The molecule has 3 aromatic rings. The number of ketones is 1. The van der Waals surface area contributed by atoms with E-state index >= 15 is 0 Å². The van der Waals surface area contributed by atoms with Crippen LogP contribution in [0.4, 0.5) is 10.1 Å². The second-order valence-corrected chi connectivity index (χ2v) is 7.84. The third kappa shape index (κ3) is 3.27. The summed E-state index contributed by atoms with van der Waals surface area (Å²) < 4.78 is 19.1. The number of rotatable bonds is 4. The Bertz CT molecular complexity index is 1150. The molecule has 7 heteroatoms. The largest absolute Gasteiger partial charge is 0.507 e. The summed E-state index contributed by atoms with van der Waals surface area (Å²) in [4.78, 5) is 28.1. The molecule has 1 atom stereocenters. The summed E-state index contributed by atoms with van der Waals surface area (Å²) in [7, 11) is 1.38. The van der Waals surface area contributed by atoms with E-state index in [0.717, 1.165) is 11.6 Å². The molecule has 1 saturated heterocycles. The lowest BCUT2D eigenvalue weighted by atomic mass is 9.99. The zero-order valence-electron chi connectivity index (χ0n) is 16.3. The van der Waals surface area contributed by atoms with Gasteiger partial charge in [-0.3, -0.25) is 14.5 Å². The Hall–Kier alpha value is -3.45. The van der Waals surface area contributed by atoms with Crippen LogP contribution in [0.2, 0.25) is 0 Å². The summed E-state index contributed by atoms with van der Waals surface area (Å²) in [6.45, 7) is 1.92. The van der Waals surface area contributed by atoms with Crippen molar-refractivity contribution in [3.8, 4) is 5.75 Å². The van der Waals surface area contributed by atoms with Crippen LogP contribution in [-0.4, -0.2) is 23.9 Å². The quantitative estimate of drug-likeness (QED) is 0.371. The molecule has 4 rings (SSSR count). The van der Waals surface area contributed by atoms with Crippen molar-refractivity contribution < 1.29 is 23.8 Å². The van der Waals surface area contributed by atoms with Gasteiger partial charge in [-0.05, 0) is 48.7 Å². The number of aliphatic hydroxyl groups excluding tert-OH is 1. The van der Waals surface area contributed by atoms with E-state index in [2.05, 4.69) is 0 Å². The number of aryl methyl sites for hydroxylation is 1. The second-order valence-electron chi connectivity index (χ2n) is 6.86. The second kappa shape index (κ2) is 7.76. The molecular formula is C23H18FNO4S. The predicted octanol–water partition coefficient (Wildman–Crippen LogP) is 4.83. The van der Waals surface area contributed by atoms with Gasteiger partial charge in [-0.15, -0.1) is 11.3 Å². The smallest absolute Gasteiger partial charge is 0.300 e. The van der Waals surface area contributed by atoms with Gasteiger partial charge >= 0.3 is 0 Å². The molecular weight excluding hydrogens is 405 g/mol. The molecule has 2 aromatic carbocycles. The fraction of sp³-hybridized carbons (Fsp3) is 0.130. The standard InChI is InChI=1S/C23H18FNO4S/c1-13-5-8-15(9-6-13)25-20(18-4-3-11-30-18)19(22(27)23(25)28)21(26)16-12-14(24)7-10-17(16)29-2/h3-12,20,26H,1-2H3/b21-19-. The number of halogens is 1. The van der Waals surface area contributed by atoms with Gasteiger partial charge in [0.25, 0.3) is 11.7 Å². The monoisotopic (exact) mass is 423 g/mol. The summed E-state index contributed by atoms with van der Waals surface area (Å²) in [5.74, 6) is -2.47. The maximum Gasteiger partial charge on any atom is 0.300 e. The molecule has 1 unspecified atom stereocenters. The van der Waals surface area contributed by atoms with Crippen LogP contribution >= 0.6 is 11.3 Å². The van der Waals surface area contributed by atoms with E-state index < -0.39 is 29.3 Å². The molecule has 1 aliphatic rings. The zero-order chi connectivity index (χ0) is 21.4. The van der Waals surface area contributed by atoms with Gasteiger partial charge in [-0.2, -0.15) is 0 Å². The lowest BCUT2D eigenvalue weighted by Crippen LogP contribution is -2.29. The number of thiophene rings is 1.